The number of alkyl halides is 4. The Labute approximate surface area is 199 Å². The molecule has 1 aromatic carbocycles. The van der Waals surface area contributed by atoms with Crippen molar-refractivity contribution >= 4 is 8.80 Å². The standard InChI is InChI=1S/C27H42F4OSi/c1-2-17-33-18-15-24(16-19-33)23-11-7-21(8-12-23)5-3-4-6-22-9-13-25(14-10-22)32-20-27(30,31)26(28)29/h9-10,13-14,21,23-24,26,33H,2-8,11-12,15-20H2,1H3/t21-,23-,24-,33-. The minimum atomic E-state index is -4.12. The maximum absolute atomic E-state index is 13.0. The zero-order valence-electron chi connectivity index (χ0n) is 20.2. The van der Waals surface area contributed by atoms with Gasteiger partial charge in [0.15, 0.2) is 6.61 Å². The number of halogens is 4. The van der Waals surface area contributed by atoms with Gasteiger partial charge in [-0.25, -0.2) is 8.78 Å². The Hall–Kier alpha value is -1.04. The second-order valence-corrected chi connectivity index (χ2v) is 14.1. The first kappa shape index (κ1) is 26.6. The van der Waals surface area contributed by atoms with E-state index in [4.69, 9.17) is 4.74 Å². The highest BCUT2D eigenvalue weighted by molar-refractivity contribution is 6.58. The van der Waals surface area contributed by atoms with Crippen molar-refractivity contribution in [2.24, 2.45) is 17.8 Å². The lowest BCUT2D eigenvalue weighted by Gasteiger charge is -2.37. The molecule has 0 bridgehead atoms. The van der Waals surface area contributed by atoms with E-state index in [-0.39, 0.29) is 14.5 Å². The number of rotatable bonds is 12. The summed E-state index contributed by atoms with van der Waals surface area (Å²) in [6.45, 7) is 1.05. The van der Waals surface area contributed by atoms with E-state index in [0.717, 1.165) is 36.2 Å². The van der Waals surface area contributed by atoms with Crippen molar-refractivity contribution in [3.63, 3.8) is 0 Å². The van der Waals surface area contributed by atoms with Crippen LogP contribution in [0.4, 0.5) is 17.6 Å². The third kappa shape index (κ3) is 8.59. The van der Waals surface area contributed by atoms with Crippen LogP contribution < -0.4 is 4.74 Å². The summed E-state index contributed by atoms with van der Waals surface area (Å²) in [6.07, 6.45) is 11.1. The molecule has 33 heavy (non-hydrogen) atoms. The van der Waals surface area contributed by atoms with E-state index < -0.39 is 19.0 Å². The highest BCUT2D eigenvalue weighted by Gasteiger charge is 2.41. The maximum Gasteiger partial charge on any atom is 0.340 e. The molecule has 0 N–H and O–H groups in total. The molecule has 2 aliphatic rings. The van der Waals surface area contributed by atoms with E-state index in [1.54, 1.807) is 30.3 Å². The second-order valence-electron chi connectivity index (χ2n) is 10.6. The minimum absolute atomic E-state index is 0.206. The Morgan fingerprint density at radius 2 is 1.58 bits per heavy atom. The fraction of sp³-hybridized carbons (Fsp3) is 0.778. The molecular weight excluding hydrogens is 444 g/mol. The topological polar surface area (TPSA) is 9.23 Å². The van der Waals surface area contributed by atoms with Gasteiger partial charge in [0.2, 0.25) is 0 Å². The van der Waals surface area contributed by atoms with Gasteiger partial charge in [-0.05, 0) is 61.1 Å². The van der Waals surface area contributed by atoms with Crippen molar-refractivity contribution in [2.75, 3.05) is 6.61 Å². The predicted octanol–water partition coefficient (Wildman–Crippen LogP) is 8.53. The fourth-order valence-electron chi connectivity index (χ4n) is 6.06. The van der Waals surface area contributed by atoms with Gasteiger partial charge in [-0.3, -0.25) is 0 Å². The van der Waals surface area contributed by atoms with E-state index in [1.807, 2.05) is 12.1 Å². The van der Waals surface area contributed by atoms with Crippen molar-refractivity contribution in [1.82, 2.24) is 0 Å². The van der Waals surface area contributed by atoms with E-state index in [2.05, 4.69) is 6.92 Å². The quantitative estimate of drug-likeness (QED) is 0.163. The third-order valence-electron chi connectivity index (χ3n) is 8.15. The first-order valence-electron chi connectivity index (χ1n) is 13.2. The largest absolute Gasteiger partial charge is 0.487 e. The van der Waals surface area contributed by atoms with Gasteiger partial charge in [0.05, 0.1) is 0 Å². The SMILES string of the molecule is CCC[Si@H]1CC[C@H]([C@H]2CC[C@H](CCCCc3ccc(OCC(F)(F)C(F)F)cc3)CC2)CC1. The van der Waals surface area contributed by atoms with Crippen molar-refractivity contribution < 1.29 is 22.3 Å². The molecule has 2 fully saturated rings. The normalized spacial score (nSPS) is 26.5. The molecule has 1 aromatic rings. The van der Waals surface area contributed by atoms with Crippen molar-refractivity contribution in [2.45, 2.75) is 108 Å². The lowest BCUT2D eigenvalue weighted by Crippen LogP contribution is -2.33. The Balaban J connectivity index is 1.27. The molecule has 1 nitrogen and oxygen atoms in total. The number of benzene rings is 1. The van der Waals surface area contributed by atoms with Gasteiger partial charge in [-0.2, -0.15) is 8.78 Å². The highest BCUT2D eigenvalue weighted by Crippen LogP contribution is 2.42. The summed E-state index contributed by atoms with van der Waals surface area (Å²) in [5.74, 6) is -0.997. The van der Waals surface area contributed by atoms with Crippen LogP contribution in [-0.2, 0) is 6.42 Å². The smallest absolute Gasteiger partial charge is 0.340 e. The van der Waals surface area contributed by atoms with E-state index in [0.29, 0.717) is 0 Å². The first-order valence-corrected chi connectivity index (χ1v) is 15.7. The van der Waals surface area contributed by atoms with Crippen LogP contribution in [0.3, 0.4) is 0 Å². The van der Waals surface area contributed by atoms with Crippen LogP contribution in [0.5, 0.6) is 5.75 Å². The zero-order chi connectivity index (χ0) is 23.7. The Morgan fingerprint density at radius 1 is 0.939 bits per heavy atom. The Kier molecular flexibility index (Phi) is 10.6. The summed E-state index contributed by atoms with van der Waals surface area (Å²) in [6, 6.07) is 11.7. The van der Waals surface area contributed by atoms with Crippen LogP contribution >= 0.6 is 0 Å². The Bertz CT molecular complexity index is 665. The molecule has 1 aliphatic carbocycles. The van der Waals surface area contributed by atoms with Gasteiger partial charge in [0, 0.05) is 8.80 Å². The summed E-state index contributed by atoms with van der Waals surface area (Å²) >= 11 is 0. The summed E-state index contributed by atoms with van der Waals surface area (Å²) in [7, 11) is -0.359. The van der Waals surface area contributed by atoms with Gasteiger partial charge in [0.1, 0.15) is 5.75 Å². The van der Waals surface area contributed by atoms with Crippen molar-refractivity contribution in [1.29, 1.82) is 0 Å². The number of ether oxygens (including phenoxy) is 1. The molecule has 0 unspecified atom stereocenters. The molecule has 0 atom stereocenters. The molecular formula is C27H42F4OSi. The monoisotopic (exact) mass is 486 g/mol. The summed E-state index contributed by atoms with van der Waals surface area (Å²) in [4.78, 5) is 0. The van der Waals surface area contributed by atoms with E-state index in [9.17, 15) is 17.6 Å². The number of hydrogen-bond donors (Lipinski definition) is 0. The molecule has 1 heterocycles. The van der Waals surface area contributed by atoms with Crippen LogP contribution in [0, 0.1) is 17.8 Å². The number of aryl methyl sites for hydroxylation is 1. The van der Waals surface area contributed by atoms with Gasteiger partial charge in [-0.15, -0.1) is 0 Å². The van der Waals surface area contributed by atoms with Crippen LogP contribution in [-0.4, -0.2) is 27.8 Å². The molecule has 1 saturated carbocycles. The highest BCUT2D eigenvalue weighted by atomic mass is 28.3. The van der Waals surface area contributed by atoms with Gasteiger partial charge in [0.25, 0.3) is 0 Å². The lowest BCUT2D eigenvalue weighted by atomic mass is 9.73. The lowest BCUT2D eigenvalue weighted by molar-refractivity contribution is -0.148. The third-order valence-corrected chi connectivity index (χ3v) is 11.8. The zero-order valence-corrected chi connectivity index (χ0v) is 21.4. The number of hydrogen-bond acceptors (Lipinski definition) is 1. The first-order chi connectivity index (χ1) is 15.9. The summed E-state index contributed by atoms with van der Waals surface area (Å²) in [5.41, 5.74) is 1.13. The molecule has 1 aliphatic heterocycles. The second kappa shape index (κ2) is 13.2. The molecule has 6 heteroatoms. The average Bonchev–Trinajstić information content (AvgIpc) is 2.82. The van der Waals surface area contributed by atoms with E-state index in [1.165, 1.54) is 57.8 Å². The fourth-order valence-corrected chi connectivity index (χ4v) is 9.54. The molecule has 0 aromatic heterocycles. The van der Waals surface area contributed by atoms with Crippen LogP contribution in [0.2, 0.25) is 18.1 Å². The molecule has 0 radical (unpaired) electrons. The summed E-state index contributed by atoms with van der Waals surface area (Å²) < 4.78 is 55.1. The Morgan fingerprint density at radius 3 is 2.18 bits per heavy atom. The predicted molar refractivity (Wildman–Crippen MR) is 130 cm³/mol. The maximum atomic E-state index is 13.0. The molecule has 0 amide bonds. The van der Waals surface area contributed by atoms with E-state index >= 15 is 0 Å². The van der Waals surface area contributed by atoms with Crippen molar-refractivity contribution in [3.05, 3.63) is 29.8 Å². The average molecular weight is 487 g/mol. The van der Waals surface area contributed by atoms with Gasteiger partial charge >= 0.3 is 12.3 Å². The molecule has 1 saturated heterocycles. The van der Waals surface area contributed by atoms with Gasteiger partial charge in [-0.1, -0.05) is 82.1 Å². The van der Waals surface area contributed by atoms with Crippen LogP contribution in [0.1, 0.15) is 76.7 Å². The van der Waals surface area contributed by atoms with Crippen molar-refractivity contribution in [3.8, 4) is 5.75 Å². The summed E-state index contributed by atoms with van der Waals surface area (Å²) in [5, 5.41) is 0. The van der Waals surface area contributed by atoms with Gasteiger partial charge < -0.3 is 4.74 Å². The molecule has 0 spiro atoms. The van der Waals surface area contributed by atoms with Crippen LogP contribution in [0.25, 0.3) is 0 Å². The number of unbranched alkanes of at least 4 members (excludes halogenated alkanes) is 1. The molecule has 188 valence electrons. The van der Waals surface area contributed by atoms with Crippen LogP contribution in [0.15, 0.2) is 24.3 Å². The minimum Gasteiger partial charge on any atom is -0.487 e. The molecule has 3 rings (SSSR count).